The minimum Gasteiger partial charge on any atom is -0.508 e. The van der Waals surface area contributed by atoms with Gasteiger partial charge < -0.3 is 35.3 Å². The van der Waals surface area contributed by atoms with Gasteiger partial charge in [-0.15, -0.1) is 0 Å². The molecule has 3 aromatic carbocycles. The molecule has 0 unspecified atom stereocenters. The van der Waals surface area contributed by atoms with E-state index in [1.165, 1.54) is 0 Å². The third-order valence-electron chi connectivity index (χ3n) is 8.78. The van der Waals surface area contributed by atoms with Crippen molar-refractivity contribution in [3.63, 3.8) is 0 Å². The van der Waals surface area contributed by atoms with Crippen LogP contribution in [0, 0.1) is 0 Å². The van der Waals surface area contributed by atoms with Crippen molar-refractivity contribution in [2.75, 3.05) is 32.7 Å². The van der Waals surface area contributed by atoms with Crippen LogP contribution < -0.4 is 5.32 Å². The molecule has 3 aromatic rings. The lowest BCUT2D eigenvalue weighted by atomic mass is 9.99. The highest BCUT2D eigenvalue weighted by molar-refractivity contribution is 6.36. The number of carbonyl (C=O) groups excluding carboxylic acids is 4. The Morgan fingerprint density at radius 1 is 0.587 bits per heavy atom. The van der Waals surface area contributed by atoms with E-state index in [1.807, 2.05) is 12.1 Å². The number of phenols is 3. The van der Waals surface area contributed by atoms with Gasteiger partial charge >= 0.3 is 23.6 Å². The number of phenolic OH excluding ortho intramolecular Hbond substituents is 3. The molecule has 2 heterocycles. The van der Waals surface area contributed by atoms with Crippen molar-refractivity contribution in [1.82, 2.24) is 20.0 Å². The molecule has 11 heteroatoms. The Balaban J connectivity index is 1.19. The summed E-state index contributed by atoms with van der Waals surface area (Å²) in [5.74, 6) is -1.78. The summed E-state index contributed by atoms with van der Waals surface area (Å²) in [6.45, 7) is 1.85. The van der Waals surface area contributed by atoms with Gasteiger partial charge in [-0.25, -0.2) is 0 Å². The minimum absolute atomic E-state index is 0.155. The summed E-state index contributed by atoms with van der Waals surface area (Å²) in [6.07, 6.45) is 3.55. The first-order chi connectivity index (χ1) is 22.2. The second-order valence-electron chi connectivity index (χ2n) is 12.0. The topological polar surface area (TPSA) is 151 Å². The van der Waals surface area contributed by atoms with Gasteiger partial charge in [0, 0.05) is 38.8 Å². The largest absolute Gasteiger partial charge is 0.508 e. The van der Waals surface area contributed by atoms with Crippen LogP contribution in [0.1, 0.15) is 36.0 Å². The van der Waals surface area contributed by atoms with Crippen LogP contribution in [0.2, 0.25) is 0 Å². The lowest BCUT2D eigenvalue weighted by Crippen LogP contribution is -2.60. The first-order valence-corrected chi connectivity index (χ1v) is 15.7. The molecule has 0 saturated carbocycles. The predicted molar refractivity (Wildman–Crippen MR) is 170 cm³/mol. The number of unbranched alkanes of at least 4 members (excludes halogenated alkanes) is 1. The first kappa shape index (κ1) is 32.3. The SMILES string of the molecule is O=C1NC[C@H](CCCCN2C[C@H](Cc3ccc(O)cc3)N(CCc3ccc(O)cc3)C(=O)C2=O)N(CCc2ccc(O)cc2)C1=O. The number of hydrogen-bond donors (Lipinski definition) is 4. The molecule has 0 aliphatic carbocycles. The maximum Gasteiger partial charge on any atom is 0.312 e. The van der Waals surface area contributed by atoms with Crippen LogP contribution in [0.15, 0.2) is 72.8 Å². The van der Waals surface area contributed by atoms with Crippen molar-refractivity contribution in [1.29, 1.82) is 0 Å². The molecule has 0 bridgehead atoms. The molecular weight excluding hydrogens is 588 g/mol. The quantitative estimate of drug-likeness (QED) is 0.168. The van der Waals surface area contributed by atoms with E-state index >= 15 is 0 Å². The summed E-state index contributed by atoms with van der Waals surface area (Å²) in [5, 5.41) is 31.5. The zero-order valence-electron chi connectivity index (χ0n) is 25.7. The molecule has 2 saturated heterocycles. The van der Waals surface area contributed by atoms with Crippen molar-refractivity contribution in [2.45, 2.75) is 50.6 Å². The number of carbonyl (C=O) groups is 4. The first-order valence-electron chi connectivity index (χ1n) is 15.7. The van der Waals surface area contributed by atoms with E-state index in [9.17, 15) is 34.5 Å². The number of aromatic hydroxyl groups is 3. The van der Waals surface area contributed by atoms with Crippen molar-refractivity contribution in [2.24, 2.45) is 0 Å². The molecule has 5 rings (SSSR count). The fraction of sp³-hybridized carbons (Fsp3) is 0.371. The standard InChI is InChI=1S/C35H40N4O7/c40-29-10-4-24(5-11-29)16-19-38-27(22-36-32(43)33(38)44)3-1-2-18-37-23-28(21-26-8-14-31(42)15-9-26)39(35(46)34(37)45)20-17-25-6-12-30(41)13-7-25/h4-15,27-28,40-42H,1-3,16-23H2,(H,36,43)/t27-,28-/m0/s1. The van der Waals surface area contributed by atoms with Crippen LogP contribution >= 0.6 is 0 Å². The van der Waals surface area contributed by atoms with E-state index in [0.717, 1.165) is 16.7 Å². The maximum atomic E-state index is 13.4. The van der Waals surface area contributed by atoms with E-state index in [0.29, 0.717) is 71.2 Å². The van der Waals surface area contributed by atoms with E-state index in [4.69, 9.17) is 0 Å². The smallest absolute Gasteiger partial charge is 0.312 e. The van der Waals surface area contributed by atoms with Crippen LogP contribution in [0.3, 0.4) is 0 Å². The van der Waals surface area contributed by atoms with Crippen molar-refractivity contribution < 1.29 is 34.5 Å². The monoisotopic (exact) mass is 628 g/mol. The third kappa shape index (κ3) is 8.15. The van der Waals surface area contributed by atoms with Gasteiger partial charge in [-0.3, -0.25) is 19.2 Å². The fourth-order valence-electron chi connectivity index (χ4n) is 6.16. The number of piperazine rings is 2. The van der Waals surface area contributed by atoms with Gasteiger partial charge in [0.25, 0.3) is 0 Å². The fourth-order valence-corrected chi connectivity index (χ4v) is 6.16. The summed E-state index contributed by atoms with van der Waals surface area (Å²) in [5.41, 5.74) is 2.83. The number of amides is 4. The average molecular weight is 629 g/mol. The van der Waals surface area contributed by atoms with E-state index in [-0.39, 0.29) is 29.3 Å². The Morgan fingerprint density at radius 3 is 1.63 bits per heavy atom. The second kappa shape index (κ2) is 14.8. The Kier molecular flexibility index (Phi) is 10.4. The van der Waals surface area contributed by atoms with Crippen LogP contribution in [0.5, 0.6) is 17.2 Å². The highest BCUT2D eigenvalue weighted by Crippen LogP contribution is 2.22. The van der Waals surface area contributed by atoms with Crippen molar-refractivity contribution >= 4 is 23.6 Å². The molecule has 2 aliphatic rings. The van der Waals surface area contributed by atoms with Gasteiger partial charge in [-0.2, -0.15) is 0 Å². The van der Waals surface area contributed by atoms with Gasteiger partial charge in [0.2, 0.25) is 0 Å². The number of rotatable bonds is 13. The molecule has 46 heavy (non-hydrogen) atoms. The zero-order valence-corrected chi connectivity index (χ0v) is 25.7. The Morgan fingerprint density at radius 2 is 1.09 bits per heavy atom. The molecule has 0 spiro atoms. The van der Waals surface area contributed by atoms with Gasteiger partial charge in [0.05, 0.1) is 6.04 Å². The lowest BCUT2D eigenvalue weighted by molar-refractivity contribution is -0.159. The van der Waals surface area contributed by atoms with Crippen LogP contribution in [0.4, 0.5) is 0 Å². The zero-order chi connectivity index (χ0) is 32.6. The summed E-state index contributed by atoms with van der Waals surface area (Å²) in [4.78, 5) is 56.4. The van der Waals surface area contributed by atoms with Gasteiger partial charge in [0.15, 0.2) is 0 Å². The highest BCUT2D eigenvalue weighted by atomic mass is 16.3. The van der Waals surface area contributed by atoms with Crippen molar-refractivity contribution in [3.05, 3.63) is 89.5 Å². The van der Waals surface area contributed by atoms with Gasteiger partial charge in [0.1, 0.15) is 17.2 Å². The Labute approximate surface area is 268 Å². The predicted octanol–water partition coefficient (Wildman–Crippen LogP) is 2.37. The molecule has 4 N–H and O–H groups in total. The average Bonchev–Trinajstić information content (AvgIpc) is 3.05. The van der Waals surface area contributed by atoms with Gasteiger partial charge in [-0.1, -0.05) is 36.4 Å². The lowest BCUT2D eigenvalue weighted by Gasteiger charge is -2.41. The molecule has 4 amide bonds. The number of benzene rings is 3. The highest BCUT2D eigenvalue weighted by Gasteiger charge is 2.39. The van der Waals surface area contributed by atoms with E-state index in [2.05, 4.69) is 5.32 Å². The van der Waals surface area contributed by atoms with E-state index in [1.54, 1.807) is 75.4 Å². The Bertz CT molecular complexity index is 1530. The second-order valence-corrected chi connectivity index (χ2v) is 12.0. The number of hydrogen-bond acceptors (Lipinski definition) is 7. The van der Waals surface area contributed by atoms with Crippen LogP contribution in [-0.2, 0) is 38.4 Å². The molecule has 2 aliphatic heterocycles. The molecule has 2 atom stereocenters. The summed E-state index contributed by atoms with van der Waals surface area (Å²) < 4.78 is 0. The molecular formula is C35H40N4O7. The normalized spacial score (nSPS) is 18.7. The summed E-state index contributed by atoms with van der Waals surface area (Å²) >= 11 is 0. The maximum absolute atomic E-state index is 13.4. The molecule has 0 radical (unpaired) electrons. The third-order valence-corrected chi connectivity index (χ3v) is 8.78. The van der Waals surface area contributed by atoms with Crippen LogP contribution in [-0.4, -0.2) is 98.5 Å². The molecule has 11 nitrogen and oxygen atoms in total. The Hall–Kier alpha value is -5.06. The summed E-state index contributed by atoms with van der Waals surface area (Å²) in [7, 11) is 0. The summed E-state index contributed by atoms with van der Waals surface area (Å²) in [6, 6.07) is 20.0. The van der Waals surface area contributed by atoms with Crippen molar-refractivity contribution in [3.8, 4) is 17.2 Å². The molecule has 242 valence electrons. The number of nitrogens with one attached hydrogen (secondary N) is 1. The van der Waals surface area contributed by atoms with E-state index < -0.39 is 23.6 Å². The minimum atomic E-state index is -0.617. The molecule has 0 aromatic heterocycles. The number of nitrogens with zero attached hydrogens (tertiary/aromatic N) is 3. The van der Waals surface area contributed by atoms with Crippen LogP contribution in [0.25, 0.3) is 0 Å². The van der Waals surface area contributed by atoms with Gasteiger partial charge in [-0.05, 0) is 91.6 Å². The molecule has 2 fully saturated rings.